The lowest BCUT2D eigenvalue weighted by Gasteiger charge is -2.38. The van der Waals surface area contributed by atoms with Crippen molar-refractivity contribution in [2.75, 3.05) is 42.1 Å². The van der Waals surface area contributed by atoms with Crippen molar-refractivity contribution in [3.05, 3.63) is 76.9 Å². The molecular weight excluding hydrogens is 434 g/mol. The van der Waals surface area contributed by atoms with Gasteiger partial charge in [-0.3, -0.25) is 4.79 Å². The molecule has 1 atom stereocenters. The van der Waals surface area contributed by atoms with Crippen LogP contribution in [-0.2, 0) is 6.42 Å². The van der Waals surface area contributed by atoms with Crippen LogP contribution in [0.15, 0.2) is 54.6 Å². The van der Waals surface area contributed by atoms with E-state index in [0.717, 1.165) is 16.7 Å². The highest BCUT2D eigenvalue weighted by Crippen LogP contribution is 2.43. The Bertz CT molecular complexity index is 1150. The van der Waals surface area contributed by atoms with Crippen molar-refractivity contribution in [1.82, 2.24) is 4.90 Å². The van der Waals surface area contributed by atoms with Crippen molar-refractivity contribution in [1.29, 1.82) is 0 Å². The van der Waals surface area contributed by atoms with Crippen LogP contribution in [0.3, 0.4) is 0 Å². The molecule has 0 saturated heterocycles. The van der Waals surface area contributed by atoms with Crippen LogP contribution in [0.4, 0.5) is 0 Å². The lowest BCUT2D eigenvalue weighted by molar-refractivity contribution is 0.0693. The summed E-state index contributed by atoms with van der Waals surface area (Å²) in [7, 11) is 7.85. The Morgan fingerprint density at radius 1 is 0.765 bits per heavy atom. The fraction of sp³-hybridized carbons (Fsp3) is 0.296. The standard InChI is InChI=1S/C27H29NO6/c1-30-21-13-18-11-12-28(25(17-9-7-6-8-10-17)20(18)16-22(21)31-2)27(29)19-14-23(32-3)26(34-5)24(15-19)33-4/h6-10,13-16,25H,11-12H2,1-5H3/t25-/m0/s1. The molecule has 7 nitrogen and oxygen atoms in total. The van der Waals surface area contributed by atoms with E-state index in [4.69, 9.17) is 23.7 Å². The van der Waals surface area contributed by atoms with E-state index < -0.39 is 0 Å². The fourth-order valence-electron chi connectivity index (χ4n) is 4.53. The van der Waals surface area contributed by atoms with Crippen LogP contribution in [0.25, 0.3) is 0 Å². The quantitative estimate of drug-likeness (QED) is 0.513. The van der Waals surface area contributed by atoms with Gasteiger partial charge in [-0.15, -0.1) is 0 Å². The SMILES string of the molecule is COc1cc2c(cc1OC)[C@H](c1ccccc1)N(C(=O)c1cc(OC)c(OC)c(OC)c1)CC2. The van der Waals surface area contributed by atoms with Gasteiger partial charge in [0.1, 0.15) is 0 Å². The normalized spacial score (nSPS) is 14.7. The molecule has 1 amide bonds. The van der Waals surface area contributed by atoms with Gasteiger partial charge in [-0.25, -0.2) is 0 Å². The maximum absolute atomic E-state index is 13.9. The van der Waals surface area contributed by atoms with Gasteiger partial charge in [-0.2, -0.15) is 0 Å². The van der Waals surface area contributed by atoms with Gasteiger partial charge in [0, 0.05) is 12.1 Å². The van der Waals surface area contributed by atoms with Crippen molar-refractivity contribution < 1.29 is 28.5 Å². The molecule has 178 valence electrons. The van der Waals surface area contributed by atoms with Gasteiger partial charge < -0.3 is 28.6 Å². The number of rotatable bonds is 7. The molecule has 3 aromatic carbocycles. The monoisotopic (exact) mass is 463 g/mol. The molecule has 0 saturated carbocycles. The van der Waals surface area contributed by atoms with E-state index in [1.54, 1.807) is 26.4 Å². The second-order valence-corrected chi connectivity index (χ2v) is 7.88. The molecule has 0 fully saturated rings. The van der Waals surface area contributed by atoms with Gasteiger partial charge >= 0.3 is 0 Å². The zero-order chi connectivity index (χ0) is 24.2. The minimum Gasteiger partial charge on any atom is -0.493 e. The average molecular weight is 464 g/mol. The summed E-state index contributed by atoms with van der Waals surface area (Å²) in [6.45, 7) is 0.539. The summed E-state index contributed by atoms with van der Waals surface area (Å²) in [4.78, 5) is 15.8. The summed E-state index contributed by atoms with van der Waals surface area (Å²) < 4.78 is 27.5. The molecule has 1 heterocycles. The molecule has 1 aliphatic rings. The summed E-state index contributed by atoms with van der Waals surface area (Å²) in [5, 5.41) is 0. The van der Waals surface area contributed by atoms with Gasteiger partial charge in [-0.05, 0) is 47.4 Å². The molecule has 3 aromatic rings. The summed E-state index contributed by atoms with van der Waals surface area (Å²) in [6.07, 6.45) is 0.690. The maximum atomic E-state index is 13.9. The van der Waals surface area contributed by atoms with Gasteiger partial charge in [0.25, 0.3) is 5.91 Å². The third-order valence-electron chi connectivity index (χ3n) is 6.16. The number of nitrogens with zero attached hydrogens (tertiary/aromatic N) is 1. The number of amides is 1. The minimum atomic E-state index is -0.295. The number of carbonyl (C=O) groups excluding carboxylic acids is 1. The Hall–Kier alpha value is -3.87. The molecule has 0 aliphatic carbocycles. The molecule has 0 bridgehead atoms. The largest absolute Gasteiger partial charge is 0.493 e. The molecule has 1 aliphatic heterocycles. The van der Waals surface area contributed by atoms with Crippen LogP contribution in [0.5, 0.6) is 28.7 Å². The minimum absolute atomic E-state index is 0.131. The number of fused-ring (bicyclic) bond motifs is 1. The zero-order valence-corrected chi connectivity index (χ0v) is 20.1. The second kappa shape index (κ2) is 9.95. The highest BCUT2D eigenvalue weighted by atomic mass is 16.5. The van der Waals surface area contributed by atoms with Crippen LogP contribution in [0.2, 0.25) is 0 Å². The van der Waals surface area contributed by atoms with Crippen molar-refractivity contribution in [3.63, 3.8) is 0 Å². The molecule has 0 radical (unpaired) electrons. The van der Waals surface area contributed by atoms with Gasteiger partial charge in [-0.1, -0.05) is 30.3 Å². The summed E-state index contributed by atoms with van der Waals surface area (Å²) >= 11 is 0. The lowest BCUT2D eigenvalue weighted by atomic mass is 9.87. The van der Waals surface area contributed by atoms with Crippen LogP contribution in [0, 0.1) is 0 Å². The van der Waals surface area contributed by atoms with Gasteiger partial charge in [0.15, 0.2) is 23.0 Å². The number of hydrogen-bond acceptors (Lipinski definition) is 6. The summed E-state index contributed by atoms with van der Waals surface area (Å²) in [5.41, 5.74) is 3.60. The summed E-state index contributed by atoms with van der Waals surface area (Å²) in [5.74, 6) is 2.49. The molecule has 7 heteroatoms. The van der Waals surface area contributed by atoms with Gasteiger partial charge in [0.2, 0.25) is 5.75 Å². The Labute approximate surface area is 199 Å². The van der Waals surface area contributed by atoms with E-state index in [-0.39, 0.29) is 11.9 Å². The van der Waals surface area contributed by atoms with E-state index in [1.165, 1.54) is 21.3 Å². The lowest BCUT2D eigenvalue weighted by Crippen LogP contribution is -2.40. The molecule has 0 N–H and O–H groups in total. The Morgan fingerprint density at radius 2 is 1.35 bits per heavy atom. The zero-order valence-electron chi connectivity index (χ0n) is 20.1. The van der Waals surface area contributed by atoms with E-state index >= 15 is 0 Å². The van der Waals surface area contributed by atoms with Crippen molar-refractivity contribution in [2.24, 2.45) is 0 Å². The third-order valence-corrected chi connectivity index (χ3v) is 6.16. The van der Waals surface area contributed by atoms with Crippen molar-refractivity contribution in [2.45, 2.75) is 12.5 Å². The van der Waals surface area contributed by atoms with E-state index in [1.807, 2.05) is 47.4 Å². The Morgan fingerprint density at radius 3 is 1.91 bits per heavy atom. The molecule has 34 heavy (non-hydrogen) atoms. The smallest absolute Gasteiger partial charge is 0.254 e. The van der Waals surface area contributed by atoms with E-state index in [9.17, 15) is 4.79 Å². The average Bonchev–Trinajstić information content (AvgIpc) is 2.90. The molecule has 0 aromatic heterocycles. The van der Waals surface area contributed by atoms with Crippen LogP contribution < -0.4 is 23.7 Å². The van der Waals surface area contributed by atoms with Crippen molar-refractivity contribution in [3.8, 4) is 28.7 Å². The van der Waals surface area contributed by atoms with E-state index in [0.29, 0.717) is 47.3 Å². The first-order chi connectivity index (χ1) is 16.6. The predicted octanol–water partition coefficient (Wildman–Crippen LogP) is 4.52. The third kappa shape index (κ3) is 4.09. The maximum Gasteiger partial charge on any atom is 0.254 e. The first-order valence-electron chi connectivity index (χ1n) is 11.0. The topological polar surface area (TPSA) is 66.5 Å². The molecular formula is C27H29NO6. The second-order valence-electron chi connectivity index (χ2n) is 7.88. The number of benzene rings is 3. The summed E-state index contributed by atoms with van der Waals surface area (Å²) in [6, 6.07) is 17.1. The highest BCUT2D eigenvalue weighted by molar-refractivity contribution is 5.96. The highest BCUT2D eigenvalue weighted by Gasteiger charge is 2.34. The number of hydrogen-bond donors (Lipinski definition) is 0. The molecule has 0 unspecified atom stereocenters. The number of carbonyl (C=O) groups is 1. The van der Waals surface area contributed by atoms with Gasteiger partial charge in [0.05, 0.1) is 41.6 Å². The van der Waals surface area contributed by atoms with Crippen molar-refractivity contribution >= 4 is 5.91 Å². The first kappa shape index (κ1) is 23.3. The van der Waals surface area contributed by atoms with Crippen LogP contribution in [0.1, 0.15) is 33.1 Å². The molecule has 4 rings (SSSR count). The Balaban J connectivity index is 1.84. The predicted molar refractivity (Wildman–Crippen MR) is 129 cm³/mol. The van der Waals surface area contributed by atoms with Crippen LogP contribution in [-0.4, -0.2) is 52.9 Å². The molecule has 0 spiro atoms. The number of methoxy groups -OCH3 is 5. The number of ether oxygens (including phenoxy) is 5. The fourth-order valence-corrected chi connectivity index (χ4v) is 4.53. The first-order valence-corrected chi connectivity index (χ1v) is 11.0. The Kier molecular flexibility index (Phi) is 6.82. The van der Waals surface area contributed by atoms with E-state index in [2.05, 4.69) is 0 Å². The van der Waals surface area contributed by atoms with Crippen LogP contribution >= 0.6 is 0 Å².